The maximum absolute atomic E-state index is 12.9. The highest BCUT2D eigenvalue weighted by Crippen LogP contribution is 2.37. The first-order valence-electron chi connectivity index (χ1n) is 15.6. The summed E-state index contributed by atoms with van der Waals surface area (Å²) in [5.41, 5.74) is -0.399. The van der Waals surface area contributed by atoms with E-state index >= 15 is 0 Å². The second kappa shape index (κ2) is 17.3. The lowest BCUT2D eigenvalue weighted by Gasteiger charge is -2.36. The Balaban J connectivity index is 2.14. The maximum Gasteiger partial charge on any atom is 0.345 e. The predicted molar refractivity (Wildman–Crippen MR) is 167 cm³/mol. The number of unbranched alkanes of at least 4 members (excludes halogenated alkanes) is 3. The third-order valence-corrected chi connectivity index (χ3v) is 8.33. The summed E-state index contributed by atoms with van der Waals surface area (Å²) in [6.07, 6.45) is 8.44. The summed E-state index contributed by atoms with van der Waals surface area (Å²) in [5.74, 6) is -0.0686. The lowest BCUT2D eigenvalue weighted by molar-refractivity contribution is -0.180. The molecule has 1 saturated heterocycles. The quantitative estimate of drug-likeness (QED) is 0.0899. The molecule has 1 aliphatic rings. The topological polar surface area (TPSA) is 161 Å². The summed E-state index contributed by atoms with van der Waals surface area (Å²) in [5, 5.41) is 61.7. The first-order chi connectivity index (χ1) is 20.2. The molecule has 0 unspecified atom stereocenters. The van der Waals surface area contributed by atoms with E-state index in [1.165, 1.54) is 43.7 Å². The van der Waals surface area contributed by atoms with Crippen LogP contribution in [0.4, 0.5) is 0 Å². The zero-order valence-corrected chi connectivity index (χ0v) is 26.7. The fourth-order valence-electron chi connectivity index (χ4n) is 5.56. The van der Waals surface area contributed by atoms with Crippen molar-refractivity contribution >= 4 is 0 Å². The standard InChI is InChI=1S/C34H54O9/c1-7-8-9-10-11-21(2)14-23(4)16-24(19-35)15-22(3)12-13-28(39)34(5,6)29-18-26(37)30(33(41)43-29)32-31(40)27(38)17-25(20-36)42-32/h12-13,15-16,18,21,24-25,27-28,31-32,35-40H,7-11,14,17,19-20H2,1-6H3/b13-12+,22-15+,23-16-/t21-,24+,25-,27-,28-,31+,32-/m0/s1. The minimum atomic E-state index is -1.50. The van der Waals surface area contributed by atoms with Crippen molar-refractivity contribution in [2.45, 2.75) is 122 Å². The van der Waals surface area contributed by atoms with Crippen molar-refractivity contribution in [1.82, 2.24) is 0 Å². The van der Waals surface area contributed by atoms with E-state index in [0.29, 0.717) is 5.92 Å². The number of hydrogen-bond acceptors (Lipinski definition) is 9. The first kappa shape index (κ1) is 36.9. The van der Waals surface area contributed by atoms with Gasteiger partial charge in [0.1, 0.15) is 29.3 Å². The summed E-state index contributed by atoms with van der Waals surface area (Å²) in [7, 11) is 0. The highest BCUT2D eigenvalue weighted by molar-refractivity contribution is 5.36. The monoisotopic (exact) mass is 606 g/mol. The summed E-state index contributed by atoms with van der Waals surface area (Å²) in [4.78, 5) is 12.9. The van der Waals surface area contributed by atoms with E-state index < -0.39 is 53.9 Å². The Hall–Kier alpha value is -2.27. The highest BCUT2D eigenvalue weighted by atomic mass is 16.5. The molecule has 9 heteroatoms. The molecule has 1 aromatic rings. The van der Waals surface area contributed by atoms with E-state index in [0.717, 1.165) is 12.0 Å². The van der Waals surface area contributed by atoms with Crippen LogP contribution in [0.3, 0.4) is 0 Å². The van der Waals surface area contributed by atoms with Crippen molar-refractivity contribution in [3.05, 3.63) is 63.3 Å². The van der Waals surface area contributed by atoms with E-state index in [1.54, 1.807) is 26.0 Å². The average Bonchev–Trinajstić information content (AvgIpc) is 2.95. The van der Waals surface area contributed by atoms with Crippen molar-refractivity contribution in [3.8, 4) is 5.75 Å². The molecule has 0 bridgehead atoms. The molecule has 6 N–H and O–H groups in total. The number of ether oxygens (including phenoxy) is 1. The lowest BCUT2D eigenvalue weighted by Crippen LogP contribution is -2.46. The smallest absolute Gasteiger partial charge is 0.345 e. The van der Waals surface area contributed by atoms with Crippen molar-refractivity contribution < 1.29 is 39.8 Å². The summed E-state index contributed by atoms with van der Waals surface area (Å²) >= 11 is 0. The first-order valence-corrected chi connectivity index (χ1v) is 15.6. The van der Waals surface area contributed by atoms with Crippen LogP contribution in [0.5, 0.6) is 5.75 Å². The van der Waals surface area contributed by atoms with Crippen LogP contribution < -0.4 is 5.63 Å². The minimum absolute atomic E-state index is 0.0118. The second-order valence-corrected chi connectivity index (χ2v) is 12.8. The third-order valence-electron chi connectivity index (χ3n) is 8.33. The number of aromatic hydroxyl groups is 1. The van der Waals surface area contributed by atoms with E-state index in [4.69, 9.17) is 9.15 Å². The normalized spacial score (nSPS) is 24.3. The van der Waals surface area contributed by atoms with Gasteiger partial charge in [-0.3, -0.25) is 0 Å². The van der Waals surface area contributed by atoms with Crippen molar-refractivity contribution in [2.24, 2.45) is 11.8 Å². The van der Waals surface area contributed by atoms with E-state index in [2.05, 4.69) is 26.8 Å². The van der Waals surface area contributed by atoms with Crippen LogP contribution in [0.25, 0.3) is 0 Å². The van der Waals surface area contributed by atoms with Gasteiger partial charge in [-0.25, -0.2) is 4.79 Å². The molecule has 0 spiro atoms. The van der Waals surface area contributed by atoms with Crippen molar-refractivity contribution in [2.75, 3.05) is 13.2 Å². The summed E-state index contributed by atoms with van der Waals surface area (Å²) in [6.45, 7) is 11.3. The van der Waals surface area contributed by atoms with Crippen LogP contribution in [0.1, 0.15) is 104 Å². The zero-order valence-electron chi connectivity index (χ0n) is 26.7. The average molecular weight is 607 g/mol. The van der Waals surface area contributed by atoms with Crippen LogP contribution in [-0.2, 0) is 10.2 Å². The van der Waals surface area contributed by atoms with Crippen LogP contribution >= 0.6 is 0 Å². The molecule has 1 fully saturated rings. The molecule has 7 atom stereocenters. The molecule has 0 saturated carbocycles. The van der Waals surface area contributed by atoms with Gasteiger partial charge in [0.2, 0.25) is 0 Å². The minimum Gasteiger partial charge on any atom is -0.507 e. The molecule has 9 nitrogen and oxygen atoms in total. The third kappa shape index (κ3) is 10.7. The molecular formula is C34H54O9. The fraction of sp³-hybridized carbons (Fsp3) is 0.676. The van der Waals surface area contributed by atoms with Crippen molar-refractivity contribution in [1.29, 1.82) is 0 Å². The Bertz CT molecular complexity index is 1150. The molecule has 2 rings (SSSR count). The molecule has 1 aromatic heterocycles. The zero-order chi connectivity index (χ0) is 32.3. The molecule has 0 amide bonds. The van der Waals surface area contributed by atoms with Gasteiger partial charge in [-0.15, -0.1) is 0 Å². The van der Waals surface area contributed by atoms with Crippen molar-refractivity contribution in [3.63, 3.8) is 0 Å². The van der Waals surface area contributed by atoms with Crippen LogP contribution in [0.15, 0.2) is 50.7 Å². The Morgan fingerprint density at radius 2 is 1.84 bits per heavy atom. The van der Waals surface area contributed by atoms with Gasteiger partial charge in [0.05, 0.1) is 36.9 Å². The number of allylic oxidation sites excluding steroid dienone is 3. The molecule has 244 valence electrons. The van der Waals surface area contributed by atoms with Gasteiger partial charge >= 0.3 is 5.63 Å². The Morgan fingerprint density at radius 3 is 2.44 bits per heavy atom. The van der Waals surface area contributed by atoms with Crippen LogP contribution in [-0.4, -0.2) is 68.3 Å². The molecule has 2 heterocycles. The maximum atomic E-state index is 12.9. The molecule has 0 aromatic carbocycles. The van der Waals surface area contributed by atoms with Gasteiger partial charge in [0.15, 0.2) is 0 Å². The van der Waals surface area contributed by atoms with Gasteiger partial charge in [-0.2, -0.15) is 0 Å². The molecule has 1 aliphatic heterocycles. The Morgan fingerprint density at radius 1 is 1.14 bits per heavy atom. The fourth-order valence-corrected chi connectivity index (χ4v) is 5.56. The number of hydrogen-bond donors (Lipinski definition) is 6. The lowest BCUT2D eigenvalue weighted by atomic mass is 9.82. The molecule has 0 radical (unpaired) electrons. The second-order valence-electron chi connectivity index (χ2n) is 12.8. The van der Waals surface area contributed by atoms with Gasteiger partial charge in [0.25, 0.3) is 0 Å². The van der Waals surface area contributed by atoms with E-state index in [1.807, 2.05) is 13.0 Å². The largest absolute Gasteiger partial charge is 0.507 e. The van der Waals surface area contributed by atoms with Gasteiger partial charge in [-0.1, -0.05) is 81.4 Å². The summed E-state index contributed by atoms with van der Waals surface area (Å²) in [6, 6.07) is 1.20. The molecular weight excluding hydrogens is 552 g/mol. The summed E-state index contributed by atoms with van der Waals surface area (Å²) < 4.78 is 11.0. The number of rotatable bonds is 16. The number of aliphatic hydroxyl groups is 5. The SMILES string of the molecule is CCCCCC[C@H](C)C/C(C)=C\[C@@H](/C=C(C)/C=C/[C@H](O)C(C)(C)c1cc(O)c([C@@H]2O[C@H](CO)C[C@H](O)[C@H]2O)c(=O)o1)CO. The highest BCUT2D eigenvalue weighted by Gasteiger charge is 2.41. The Labute approximate surface area is 256 Å². The molecule has 0 aliphatic carbocycles. The van der Waals surface area contributed by atoms with Gasteiger partial charge in [0, 0.05) is 18.4 Å². The number of aliphatic hydroxyl groups excluding tert-OH is 5. The van der Waals surface area contributed by atoms with E-state index in [-0.39, 0.29) is 30.3 Å². The van der Waals surface area contributed by atoms with Crippen LogP contribution in [0, 0.1) is 11.8 Å². The molecule has 43 heavy (non-hydrogen) atoms. The van der Waals surface area contributed by atoms with E-state index in [9.17, 15) is 35.4 Å². The van der Waals surface area contributed by atoms with Crippen LogP contribution in [0.2, 0.25) is 0 Å². The van der Waals surface area contributed by atoms with Gasteiger partial charge < -0.3 is 39.8 Å². The Kier molecular flexibility index (Phi) is 14.8. The van der Waals surface area contributed by atoms with Gasteiger partial charge in [-0.05, 0) is 40.0 Å². The predicted octanol–water partition coefficient (Wildman–Crippen LogP) is 4.58.